The summed E-state index contributed by atoms with van der Waals surface area (Å²) in [5, 5.41) is 2.08. The third-order valence-electron chi connectivity index (χ3n) is 7.29. The molecule has 0 amide bonds. The number of fused-ring (bicyclic) bond motifs is 4. The fraction of sp³-hybridized carbons (Fsp3) is 0.0909. The molecule has 37 heavy (non-hydrogen) atoms. The number of aryl methyl sites for hydroxylation is 3. The van der Waals surface area contributed by atoms with Gasteiger partial charge in [-0.2, -0.15) is 0 Å². The Balaban J connectivity index is 1.59. The molecule has 0 atom stereocenters. The minimum Gasteiger partial charge on any atom is -0.437 e. The van der Waals surface area contributed by atoms with Crippen molar-refractivity contribution < 1.29 is 4.42 Å². The van der Waals surface area contributed by atoms with Gasteiger partial charge in [-0.1, -0.05) is 72.8 Å². The van der Waals surface area contributed by atoms with E-state index in [1.54, 1.807) is 0 Å². The van der Waals surface area contributed by atoms with Crippen molar-refractivity contribution in [1.29, 1.82) is 0 Å². The average molecular weight is 480 g/mol. The van der Waals surface area contributed by atoms with Gasteiger partial charge in [0.25, 0.3) is 0 Å². The van der Waals surface area contributed by atoms with Crippen LogP contribution in [0.4, 0.5) is 0 Å². The highest BCUT2D eigenvalue weighted by atomic mass is 16.3. The molecule has 0 aliphatic heterocycles. The molecule has 0 unspecified atom stereocenters. The zero-order valence-electron chi connectivity index (χ0n) is 21.0. The number of furan rings is 1. The summed E-state index contributed by atoms with van der Waals surface area (Å²) in [6.45, 7) is 6.22. The van der Waals surface area contributed by atoms with Crippen LogP contribution in [0.15, 0.2) is 101 Å². The predicted octanol–water partition coefficient (Wildman–Crippen LogP) is 8.58. The highest BCUT2D eigenvalue weighted by Crippen LogP contribution is 2.39. The van der Waals surface area contributed by atoms with Crippen LogP contribution in [0.5, 0.6) is 0 Å². The van der Waals surface area contributed by atoms with Crippen LogP contribution >= 0.6 is 0 Å². The summed E-state index contributed by atoms with van der Waals surface area (Å²) in [4.78, 5) is 9.98. The molecule has 4 heteroatoms. The topological polar surface area (TPSA) is 43.9 Å². The summed E-state index contributed by atoms with van der Waals surface area (Å²) in [6, 6.07) is 33.9. The van der Waals surface area contributed by atoms with Crippen LogP contribution < -0.4 is 0 Å². The first-order valence-corrected chi connectivity index (χ1v) is 12.5. The van der Waals surface area contributed by atoms with E-state index < -0.39 is 0 Å². The largest absolute Gasteiger partial charge is 0.437 e. The van der Waals surface area contributed by atoms with Gasteiger partial charge >= 0.3 is 0 Å². The SMILES string of the molecule is Cc1cc2c(nc1C)oc1c(-c3nc4c(C)cccc4n3-c3ccccc3-c3ccccc3)cccc12. The summed E-state index contributed by atoms with van der Waals surface area (Å²) < 4.78 is 8.72. The first-order valence-electron chi connectivity index (χ1n) is 12.5. The molecular formula is C33H25N3O. The minimum absolute atomic E-state index is 0.661. The van der Waals surface area contributed by atoms with Crippen LogP contribution in [0.3, 0.4) is 0 Å². The van der Waals surface area contributed by atoms with E-state index in [1.807, 2.05) is 13.0 Å². The summed E-state index contributed by atoms with van der Waals surface area (Å²) in [5.74, 6) is 0.853. The third-order valence-corrected chi connectivity index (χ3v) is 7.29. The van der Waals surface area contributed by atoms with Crippen LogP contribution in [0.2, 0.25) is 0 Å². The molecule has 4 nitrogen and oxygen atoms in total. The summed E-state index contributed by atoms with van der Waals surface area (Å²) in [7, 11) is 0. The molecule has 4 aromatic carbocycles. The number of hydrogen-bond donors (Lipinski definition) is 0. The molecule has 3 heterocycles. The van der Waals surface area contributed by atoms with Gasteiger partial charge in [-0.25, -0.2) is 9.97 Å². The van der Waals surface area contributed by atoms with Crippen molar-refractivity contribution in [2.24, 2.45) is 0 Å². The molecule has 0 aliphatic carbocycles. The summed E-state index contributed by atoms with van der Waals surface area (Å²) in [5.41, 5.74) is 11.1. The van der Waals surface area contributed by atoms with Gasteiger partial charge in [-0.15, -0.1) is 0 Å². The van der Waals surface area contributed by atoms with Crippen molar-refractivity contribution in [2.45, 2.75) is 20.8 Å². The molecule has 0 fully saturated rings. The van der Waals surface area contributed by atoms with E-state index in [1.165, 1.54) is 0 Å². The normalized spacial score (nSPS) is 11.6. The Bertz CT molecular complexity index is 1960. The fourth-order valence-corrected chi connectivity index (χ4v) is 5.28. The molecule has 3 aromatic heterocycles. The number of pyridine rings is 1. The van der Waals surface area contributed by atoms with Gasteiger partial charge in [0.05, 0.1) is 22.3 Å². The Morgan fingerprint density at radius 3 is 2.27 bits per heavy atom. The molecule has 0 saturated carbocycles. The second-order valence-corrected chi connectivity index (χ2v) is 9.62. The van der Waals surface area contributed by atoms with Crippen molar-refractivity contribution in [3.63, 3.8) is 0 Å². The predicted molar refractivity (Wildman–Crippen MR) is 151 cm³/mol. The van der Waals surface area contributed by atoms with E-state index in [2.05, 4.69) is 109 Å². The number of imidazole rings is 1. The number of nitrogens with zero attached hydrogens (tertiary/aromatic N) is 3. The lowest BCUT2D eigenvalue weighted by Crippen LogP contribution is -2.00. The first-order chi connectivity index (χ1) is 18.1. The number of hydrogen-bond acceptors (Lipinski definition) is 3. The molecule has 0 bridgehead atoms. The molecule has 0 N–H and O–H groups in total. The Kier molecular flexibility index (Phi) is 4.76. The van der Waals surface area contributed by atoms with Crippen LogP contribution in [0.25, 0.3) is 61.3 Å². The van der Waals surface area contributed by atoms with Gasteiger partial charge < -0.3 is 4.42 Å². The Hall–Kier alpha value is -4.70. The van der Waals surface area contributed by atoms with Crippen LogP contribution in [-0.2, 0) is 0 Å². The zero-order chi connectivity index (χ0) is 25.1. The summed E-state index contributed by atoms with van der Waals surface area (Å²) >= 11 is 0. The molecule has 0 saturated heterocycles. The van der Waals surface area contributed by atoms with Crippen molar-refractivity contribution in [3.05, 3.63) is 114 Å². The van der Waals surface area contributed by atoms with Crippen LogP contribution in [-0.4, -0.2) is 14.5 Å². The molecule has 0 spiro atoms. The van der Waals surface area contributed by atoms with Gasteiger partial charge in [0.15, 0.2) is 0 Å². The quantitative estimate of drug-likeness (QED) is 0.255. The summed E-state index contributed by atoms with van der Waals surface area (Å²) in [6.07, 6.45) is 0. The maximum absolute atomic E-state index is 6.44. The van der Waals surface area contributed by atoms with Crippen molar-refractivity contribution in [2.75, 3.05) is 0 Å². The minimum atomic E-state index is 0.661. The highest BCUT2D eigenvalue weighted by molar-refractivity contribution is 6.09. The van der Waals surface area contributed by atoms with Gasteiger partial charge in [-0.3, -0.25) is 4.57 Å². The first kappa shape index (κ1) is 21.6. The van der Waals surface area contributed by atoms with Gasteiger partial charge in [-0.05, 0) is 61.7 Å². The van der Waals surface area contributed by atoms with E-state index in [0.29, 0.717) is 5.71 Å². The van der Waals surface area contributed by atoms with Gasteiger partial charge in [0, 0.05) is 22.0 Å². The number of para-hydroxylation sites is 3. The van der Waals surface area contributed by atoms with E-state index in [9.17, 15) is 0 Å². The van der Waals surface area contributed by atoms with Crippen LogP contribution in [0.1, 0.15) is 16.8 Å². The standard InChI is InChI=1S/C33H25N3O/c1-20-11-9-18-29-30(20)35-32(36(29)28-17-8-7-14-24(28)23-12-5-4-6-13-23)26-16-10-15-25-27-19-21(2)22(3)34-33(27)37-31(25)26/h4-19H,1-3H3. The lowest BCUT2D eigenvalue weighted by atomic mass is 10.0. The van der Waals surface area contributed by atoms with E-state index in [-0.39, 0.29) is 0 Å². The zero-order valence-corrected chi connectivity index (χ0v) is 21.0. The molecule has 7 aromatic rings. The molecular weight excluding hydrogens is 454 g/mol. The second-order valence-electron chi connectivity index (χ2n) is 9.62. The number of aromatic nitrogens is 3. The molecule has 0 aliphatic rings. The molecule has 7 rings (SSSR count). The highest BCUT2D eigenvalue weighted by Gasteiger charge is 2.22. The number of benzene rings is 4. The molecule has 178 valence electrons. The lowest BCUT2D eigenvalue weighted by Gasteiger charge is -2.15. The van der Waals surface area contributed by atoms with E-state index in [0.717, 1.165) is 72.4 Å². The van der Waals surface area contributed by atoms with Crippen molar-refractivity contribution in [3.8, 4) is 28.2 Å². The fourth-order valence-electron chi connectivity index (χ4n) is 5.28. The van der Waals surface area contributed by atoms with Crippen molar-refractivity contribution >= 4 is 33.1 Å². The lowest BCUT2D eigenvalue weighted by molar-refractivity contribution is 0.652. The Labute approximate surface area is 214 Å². The smallest absolute Gasteiger partial charge is 0.227 e. The number of rotatable bonds is 3. The van der Waals surface area contributed by atoms with E-state index in [4.69, 9.17) is 14.4 Å². The Morgan fingerprint density at radius 2 is 1.41 bits per heavy atom. The Morgan fingerprint density at radius 1 is 0.649 bits per heavy atom. The maximum Gasteiger partial charge on any atom is 0.227 e. The third kappa shape index (κ3) is 3.30. The maximum atomic E-state index is 6.44. The van der Waals surface area contributed by atoms with E-state index >= 15 is 0 Å². The molecule has 0 radical (unpaired) electrons. The van der Waals surface area contributed by atoms with Gasteiger partial charge in [0.2, 0.25) is 5.71 Å². The van der Waals surface area contributed by atoms with Gasteiger partial charge in [0.1, 0.15) is 11.4 Å². The van der Waals surface area contributed by atoms with Crippen LogP contribution in [0, 0.1) is 20.8 Å². The average Bonchev–Trinajstić information content (AvgIpc) is 3.48. The van der Waals surface area contributed by atoms with Crippen molar-refractivity contribution in [1.82, 2.24) is 14.5 Å². The second kappa shape index (κ2) is 8.17. The monoisotopic (exact) mass is 479 g/mol.